The van der Waals surface area contributed by atoms with E-state index in [1.54, 1.807) is 13.3 Å². The summed E-state index contributed by atoms with van der Waals surface area (Å²) < 4.78 is 33.6. The van der Waals surface area contributed by atoms with Gasteiger partial charge in [-0.05, 0) is 36.2 Å². The van der Waals surface area contributed by atoms with Gasteiger partial charge < -0.3 is 14.6 Å². The van der Waals surface area contributed by atoms with E-state index in [4.69, 9.17) is 4.74 Å². The smallest absolute Gasteiger partial charge is 0.251 e. The molecule has 5 nitrogen and oxygen atoms in total. The van der Waals surface area contributed by atoms with E-state index < -0.39 is 17.5 Å². The van der Waals surface area contributed by atoms with Crippen LogP contribution in [0, 0.1) is 11.6 Å². The van der Waals surface area contributed by atoms with Gasteiger partial charge in [-0.1, -0.05) is 0 Å². The van der Waals surface area contributed by atoms with Gasteiger partial charge in [0, 0.05) is 49.6 Å². The average Bonchev–Trinajstić information content (AvgIpc) is 2.97. The van der Waals surface area contributed by atoms with Crippen LogP contribution in [0.2, 0.25) is 0 Å². The summed E-state index contributed by atoms with van der Waals surface area (Å²) in [7, 11) is 1.64. The average molecular weight is 359 g/mol. The number of methoxy groups -OCH3 is 1. The van der Waals surface area contributed by atoms with Crippen molar-refractivity contribution in [3.63, 3.8) is 0 Å². The number of carbonyl (C=O) groups is 1. The Hall–Kier alpha value is -2.80. The van der Waals surface area contributed by atoms with Gasteiger partial charge in [0.2, 0.25) is 0 Å². The highest BCUT2D eigenvalue weighted by Crippen LogP contribution is 2.19. The number of rotatable bonds is 7. The first-order valence-electron chi connectivity index (χ1n) is 8.24. The summed E-state index contributed by atoms with van der Waals surface area (Å²) in [5.41, 5.74) is 1.86. The molecule has 0 bridgehead atoms. The maximum Gasteiger partial charge on any atom is 0.251 e. The molecule has 1 aromatic carbocycles. The fourth-order valence-corrected chi connectivity index (χ4v) is 2.85. The van der Waals surface area contributed by atoms with E-state index >= 15 is 0 Å². The summed E-state index contributed by atoms with van der Waals surface area (Å²) in [4.78, 5) is 16.5. The molecule has 26 heavy (non-hydrogen) atoms. The van der Waals surface area contributed by atoms with Crippen molar-refractivity contribution in [2.45, 2.75) is 13.0 Å². The van der Waals surface area contributed by atoms with Crippen molar-refractivity contribution in [3.05, 3.63) is 65.5 Å². The molecule has 2 aromatic heterocycles. The lowest BCUT2D eigenvalue weighted by molar-refractivity contribution is 0.0953. The Kier molecular flexibility index (Phi) is 5.58. The Labute approximate surface area is 149 Å². The van der Waals surface area contributed by atoms with E-state index in [2.05, 4.69) is 10.3 Å². The lowest BCUT2D eigenvalue weighted by atomic mass is 10.1. The van der Waals surface area contributed by atoms with Crippen LogP contribution < -0.4 is 5.32 Å². The lowest BCUT2D eigenvalue weighted by Gasteiger charge is -2.05. The summed E-state index contributed by atoms with van der Waals surface area (Å²) in [6.45, 7) is 1.59. The van der Waals surface area contributed by atoms with Crippen molar-refractivity contribution < 1.29 is 18.3 Å². The molecule has 136 valence electrons. The van der Waals surface area contributed by atoms with Crippen molar-refractivity contribution in [1.29, 1.82) is 0 Å². The molecular formula is C19H19F2N3O2. The predicted molar refractivity (Wildman–Crippen MR) is 94.0 cm³/mol. The quantitative estimate of drug-likeness (QED) is 0.706. The molecule has 0 aliphatic rings. The van der Waals surface area contributed by atoms with E-state index in [1.807, 2.05) is 22.9 Å². The second-order valence-corrected chi connectivity index (χ2v) is 5.88. The van der Waals surface area contributed by atoms with Crippen molar-refractivity contribution in [2.24, 2.45) is 0 Å². The van der Waals surface area contributed by atoms with Gasteiger partial charge in [0.05, 0.1) is 6.61 Å². The minimum atomic E-state index is -0.776. The van der Waals surface area contributed by atoms with Crippen LogP contribution in [-0.4, -0.2) is 35.7 Å². The first kappa shape index (κ1) is 18.0. The standard InChI is InChI=1S/C19H19F2N3O2/c1-26-8-7-24-12-13(17-3-2-5-22-18(17)24)4-6-23-19(25)14-9-15(20)11-16(21)10-14/h2-3,5,9-12H,4,6-8H2,1H3,(H,23,25). The van der Waals surface area contributed by atoms with Gasteiger partial charge in [-0.2, -0.15) is 0 Å². The minimum Gasteiger partial charge on any atom is -0.383 e. The number of benzene rings is 1. The number of halogens is 2. The molecule has 3 rings (SSSR count). The molecule has 0 radical (unpaired) electrons. The van der Waals surface area contributed by atoms with Crippen LogP contribution in [0.4, 0.5) is 8.78 Å². The molecule has 0 fully saturated rings. The number of aromatic nitrogens is 2. The molecule has 1 amide bonds. The molecule has 0 saturated heterocycles. The molecule has 1 N–H and O–H groups in total. The fraction of sp³-hybridized carbons (Fsp3) is 0.263. The summed E-state index contributed by atoms with van der Waals surface area (Å²) in [5, 5.41) is 3.70. The minimum absolute atomic E-state index is 0.0355. The van der Waals surface area contributed by atoms with Crippen LogP contribution in [-0.2, 0) is 17.7 Å². The SMILES string of the molecule is COCCn1cc(CCNC(=O)c2cc(F)cc(F)c2)c2cccnc21. The fourth-order valence-electron chi connectivity index (χ4n) is 2.85. The molecule has 0 unspecified atom stereocenters. The first-order valence-corrected chi connectivity index (χ1v) is 8.24. The van der Waals surface area contributed by atoms with Crippen molar-refractivity contribution >= 4 is 16.9 Å². The number of carbonyl (C=O) groups excluding carboxylic acids is 1. The van der Waals surface area contributed by atoms with Gasteiger partial charge in [-0.25, -0.2) is 13.8 Å². The lowest BCUT2D eigenvalue weighted by Crippen LogP contribution is -2.25. The van der Waals surface area contributed by atoms with Crippen LogP contribution in [0.15, 0.2) is 42.7 Å². The summed E-state index contributed by atoms with van der Waals surface area (Å²) in [6, 6.07) is 6.60. The Balaban J connectivity index is 1.69. The summed E-state index contributed by atoms with van der Waals surface area (Å²) in [5.74, 6) is -2.06. The molecule has 0 saturated carbocycles. The molecular weight excluding hydrogens is 340 g/mol. The largest absolute Gasteiger partial charge is 0.383 e. The monoisotopic (exact) mass is 359 g/mol. The van der Waals surface area contributed by atoms with Crippen molar-refractivity contribution in [1.82, 2.24) is 14.9 Å². The Morgan fingerprint density at radius 2 is 2.04 bits per heavy atom. The molecule has 0 aliphatic carbocycles. The highest BCUT2D eigenvalue weighted by Gasteiger charge is 2.11. The number of hydrogen-bond donors (Lipinski definition) is 1. The third-order valence-electron chi connectivity index (χ3n) is 4.06. The van der Waals surface area contributed by atoms with E-state index in [1.165, 1.54) is 0 Å². The zero-order chi connectivity index (χ0) is 18.5. The number of nitrogens with one attached hydrogen (secondary N) is 1. The van der Waals surface area contributed by atoms with Gasteiger partial charge in [0.25, 0.3) is 5.91 Å². The van der Waals surface area contributed by atoms with E-state index in [0.717, 1.165) is 34.8 Å². The Morgan fingerprint density at radius 1 is 1.27 bits per heavy atom. The van der Waals surface area contributed by atoms with Crippen LogP contribution >= 0.6 is 0 Å². The highest BCUT2D eigenvalue weighted by atomic mass is 19.1. The van der Waals surface area contributed by atoms with Crippen LogP contribution in [0.25, 0.3) is 11.0 Å². The Bertz CT molecular complexity index is 904. The summed E-state index contributed by atoms with van der Waals surface area (Å²) >= 11 is 0. The molecule has 2 heterocycles. The van der Waals surface area contributed by atoms with Gasteiger partial charge in [0.1, 0.15) is 17.3 Å². The van der Waals surface area contributed by atoms with Gasteiger partial charge in [-0.15, -0.1) is 0 Å². The predicted octanol–water partition coefficient (Wildman–Crippen LogP) is 2.93. The molecule has 3 aromatic rings. The second kappa shape index (κ2) is 8.05. The molecule has 7 heteroatoms. The highest BCUT2D eigenvalue weighted by molar-refractivity contribution is 5.94. The van der Waals surface area contributed by atoms with Crippen LogP contribution in [0.5, 0.6) is 0 Å². The second-order valence-electron chi connectivity index (χ2n) is 5.88. The van der Waals surface area contributed by atoms with Crippen molar-refractivity contribution in [3.8, 4) is 0 Å². The maximum absolute atomic E-state index is 13.2. The third-order valence-corrected chi connectivity index (χ3v) is 4.06. The number of amides is 1. The van der Waals surface area contributed by atoms with E-state index in [-0.39, 0.29) is 5.56 Å². The van der Waals surface area contributed by atoms with Gasteiger partial charge in [-0.3, -0.25) is 4.79 Å². The number of hydrogen-bond acceptors (Lipinski definition) is 3. The molecule has 0 spiro atoms. The number of nitrogens with zero attached hydrogens (tertiary/aromatic N) is 2. The van der Waals surface area contributed by atoms with Gasteiger partial charge in [0.15, 0.2) is 0 Å². The maximum atomic E-state index is 13.2. The van der Waals surface area contributed by atoms with Crippen molar-refractivity contribution in [2.75, 3.05) is 20.3 Å². The zero-order valence-corrected chi connectivity index (χ0v) is 14.3. The first-order chi connectivity index (χ1) is 12.6. The Morgan fingerprint density at radius 3 is 2.77 bits per heavy atom. The van der Waals surface area contributed by atoms with E-state index in [9.17, 15) is 13.6 Å². The van der Waals surface area contributed by atoms with Crippen LogP contribution in [0.3, 0.4) is 0 Å². The normalized spacial score (nSPS) is 11.0. The number of ether oxygens (including phenoxy) is 1. The summed E-state index contributed by atoms with van der Waals surface area (Å²) in [6.07, 6.45) is 4.30. The number of fused-ring (bicyclic) bond motifs is 1. The third kappa shape index (κ3) is 4.05. The molecule has 0 aliphatic heterocycles. The zero-order valence-electron chi connectivity index (χ0n) is 14.3. The van der Waals surface area contributed by atoms with E-state index in [0.29, 0.717) is 26.1 Å². The molecule has 0 atom stereocenters. The number of pyridine rings is 1. The van der Waals surface area contributed by atoms with Gasteiger partial charge >= 0.3 is 0 Å². The van der Waals surface area contributed by atoms with Crippen LogP contribution in [0.1, 0.15) is 15.9 Å². The topological polar surface area (TPSA) is 56.1 Å².